The van der Waals surface area contributed by atoms with Crippen LogP contribution < -0.4 is 0 Å². The van der Waals surface area contributed by atoms with Gasteiger partial charge in [-0.1, -0.05) is 182 Å². The van der Waals surface area contributed by atoms with Crippen LogP contribution in [0.5, 0.6) is 0 Å². The summed E-state index contributed by atoms with van der Waals surface area (Å²) in [5.41, 5.74) is 0. The minimum atomic E-state index is -0.788. The molecule has 0 saturated carbocycles. The Bertz CT molecular complexity index is 1050. The van der Waals surface area contributed by atoms with Crippen LogP contribution in [0.4, 0.5) is 0 Å². The van der Waals surface area contributed by atoms with E-state index in [1.54, 1.807) is 0 Å². The average Bonchev–Trinajstić information content (AvgIpc) is 3.19. The molecule has 0 saturated heterocycles. The Kier molecular flexibility index (Phi) is 43.1. The summed E-state index contributed by atoms with van der Waals surface area (Å²) in [6.45, 7) is 4.00. The van der Waals surface area contributed by atoms with E-state index in [0.717, 1.165) is 89.9 Å². The number of hydrogen-bond donors (Lipinski definition) is 1. The van der Waals surface area contributed by atoms with Gasteiger partial charge in [0, 0.05) is 12.8 Å². The zero-order chi connectivity index (χ0) is 40.0. The van der Waals surface area contributed by atoms with Crippen LogP contribution in [0.15, 0.2) is 85.1 Å². The van der Waals surface area contributed by atoms with Gasteiger partial charge >= 0.3 is 11.9 Å². The van der Waals surface area contributed by atoms with E-state index in [1.807, 2.05) is 0 Å². The van der Waals surface area contributed by atoms with Gasteiger partial charge in [-0.3, -0.25) is 9.59 Å². The van der Waals surface area contributed by atoms with Crippen molar-refractivity contribution in [2.24, 2.45) is 0 Å². The zero-order valence-corrected chi connectivity index (χ0v) is 35.7. The normalized spacial score (nSPS) is 13.0. The van der Waals surface area contributed by atoms with Gasteiger partial charge in [0.1, 0.15) is 6.61 Å². The highest BCUT2D eigenvalue weighted by atomic mass is 16.6. The maximum Gasteiger partial charge on any atom is 0.306 e. The third-order valence-corrected chi connectivity index (χ3v) is 9.42. The summed E-state index contributed by atoms with van der Waals surface area (Å²) >= 11 is 0. The van der Waals surface area contributed by atoms with Gasteiger partial charge in [0.25, 0.3) is 0 Å². The second-order valence-electron chi connectivity index (χ2n) is 14.7. The van der Waals surface area contributed by atoms with Crippen molar-refractivity contribution in [2.75, 3.05) is 13.2 Å². The molecular weight excluding hydrogens is 681 g/mol. The number of ether oxygens (including phenoxy) is 2. The third-order valence-electron chi connectivity index (χ3n) is 9.42. The van der Waals surface area contributed by atoms with Crippen molar-refractivity contribution >= 4 is 11.9 Å². The monoisotopic (exact) mass is 765 g/mol. The van der Waals surface area contributed by atoms with E-state index in [-0.39, 0.29) is 25.2 Å². The summed E-state index contributed by atoms with van der Waals surface area (Å²) in [5.74, 6) is -0.621. The summed E-state index contributed by atoms with van der Waals surface area (Å²) in [4.78, 5) is 24.4. The molecule has 0 aliphatic heterocycles. The van der Waals surface area contributed by atoms with E-state index in [1.165, 1.54) is 83.5 Å². The lowest BCUT2D eigenvalue weighted by atomic mass is 10.1. The molecule has 1 unspecified atom stereocenters. The smallest absolute Gasteiger partial charge is 0.306 e. The number of hydrogen-bond acceptors (Lipinski definition) is 5. The van der Waals surface area contributed by atoms with E-state index in [4.69, 9.17) is 9.47 Å². The van der Waals surface area contributed by atoms with Gasteiger partial charge in [-0.2, -0.15) is 0 Å². The highest BCUT2D eigenvalue weighted by Gasteiger charge is 2.16. The molecule has 55 heavy (non-hydrogen) atoms. The molecular formula is C50H84O5. The van der Waals surface area contributed by atoms with Gasteiger partial charge < -0.3 is 14.6 Å². The van der Waals surface area contributed by atoms with Gasteiger partial charge in [-0.05, 0) is 89.9 Å². The molecule has 0 aliphatic carbocycles. The zero-order valence-electron chi connectivity index (χ0n) is 35.7. The van der Waals surface area contributed by atoms with Gasteiger partial charge in [-0.15, -0.1) is 0 Å². The van der Waals surface area contributed by atoms with Crippen LogP contribution in [0.3, 0.4) is 0 Å². The quantitative estimate of drug-likeness (QED) is 0.0382. The topological polar surface area (TPSA) is 72.8 Å². The van der Waals surface area contributed by atoms with Crippen LogP contribution in [-0.2, 0) is 19.1 Å². The number of rotatable bonds is 40. The number of carbonyl (C=O) groups is 2. The van der Waals surface area contributed by atoms with Crippen LogP contribution in [-0.4, -0.2) is 36.4 Å². The van der Waals surface area contributed by atoms with E-state index in [9.17, 15) is 14.7 Å². The first-order valence-electron chi connectivity index (χ1n) is 22.6. The SMILES string of the molecule is CC/C=C\C/C=C\C/C=C\C/C=C\C/C=C\C/C=C\CCCCCCCCC(=O)OC(CO)COC(=O)CCCCCCC/C=C\CCCCCCCCC. The van der Waals surface area contributed by atoms with E-state index in [0.29, 0.717) is 12.8 Å². The van der Waals surface area contributed by atoms with Crippen molar-refractivity contribution in [3.05, 3.63) is 85.1 Å². The maximum atomic E-state index is 12.2. The molecule has 0 bridgehead atoms. The number of aliphatic hydroxyl groups excluding tert-OH is 1. The second kappa shape index (κ2) is 45.5. The van der Waals surface area contributed by atoms with Gasteiger partial charge in [0.15, 0.2) is 6.10 Å². The number of allylic oxidation sites excluding steroid dienone is 14. The fraction of sp³-hybridized carbons (Fsp3) is 0.680. The summed E-state index contributed by atoms with van der Waals surface area (Å²) in [7, 11) is 0. The summed E-state index contributed by atoms with van der Waals surface area (Å²) < 4.78 is 10.6. The lowest BCUT2D eigenvalue weighted by Gasteiger charge is -2.15. The Morgan fingerprint density at radius 3 is 1.20 bits per heavy atom. The summed E-state index contributed by atoms with van der Waals surface area (Å²) in [6.07, 6.45) is 62.2. The molecule has 0 aliphatic rings. The lowest BCUT2D eigenvalue weighted by Crippen LogP contribution is -2.28. The molecule has 0 aromatic rings. The van der Waals surface area contributed by atoms with Crippen molar-refractivity contribution in [2.45, 2.75) is 206 Å². The average molecular weight is 765 g/mol. The van der Waals surface area contributed by atoms with Crippen molar-refractivity contribution in [1.29, 1.82) is 0 Å². The molecule has 0 spiro atoms. The predicted octanol–water partition coefficient (Wildman–Crippen LogP) is 14.7. The number of esters is 2. The van der Waals surface area contributed by atoms with Crippen LogP contribution >= 0.6 is 0 Å². The molecule has 1 N–H and O–H groups in total. The molecule has 0 radical (unpaired) electrons. The molecule has 0 fully saturated rings. The number of carbonyl (C=O) groups excluding carboxylic acids is 2. The maximum absolute atomic E-state index is 12.2. The highest BCUT2D eigenvalue weighted by Crippen LogP contribution is 2.13. The Morgan fingerprint density at radius 2 is 0.782 bits per heavy atom. The lowest BCUT2D eigenvalue weighted by molar-refractivity contribution is -0.161. The Labute approximate surface area is 339 Å². The second-order valence-corrected chi connectivity index (χ2v) is 14.7. The van der Waals surface area contributed by atoms with Crippen LogP contribution in [0.25, 0.3) is 0 Å². The third kappa shape index (κ3) is 43.7. The Hall–Kier alpha value is -2.92. The van der Waals surface area contributed by atoms with Crippen LogP contribution in [0.2, 0.25) is 0 Å². The molecule has 0 aromatic heterocycles. The summed E-state index contributed by atoms with van der Waals surface area (Å²) in [6, 6.07) is 0. The standard InChI is InChI=1S/C50H84O5/c1-3-5-7-9-11-13-15-17-19-21-22-23-24-25-26-27-28-29-31-33-35-37-39-41-43-45-50(53)55-48(46-51)47-54-49(52)44-42-40-38-36-34-32-30-20-18-16-14-12-10-8-6-4-2/h5,7,11,13,17,19-20,22-23,25-26,28-30,48,51H,3-4,6,8-10,12,14-16,18,21,24,27,31-47H2,1-2H3/b7-5-,13-11-,19-17-,23-22-,26-25-,29-28-,30-20-. The van der Waals surface area contributed by atoms with Gasteiger partial charge in [0.2, 0.25) is 0 Å². The van der Waals surface area contributed by atoms with Crippen LogP contribution in [0, 0.1) is 0 Å². The van der Waals surface area contributed by atoms with E-state index >= 15 is 0 Å². The van der Waals surface area contributed by atoms with Crippen molar-refractivity contribution in [3.63, 3.8) is 0 Å². The molecule has 5 nitrogen and oxygen atoms in total. The molecule has 1 atom stereocenters. The highest BCUT2D eigenvalue weighted by molar-refractivity contribution is 5.70. The molecule has 5 heteroatoms. The molecule has 314 valence electrons. The van der Waals surface area contributed by atoms with Crippen LogP contribution in [0.1, 0.15) is 200 Å². The number of aliphatic hydroxyl groups is 1. The molecule has 0 rings (SSSR count). The van der Waals surface area contributed by atoms with Gasteiger partial charge in [-0.25, -0.2) is 0 Å². The molecule has 0 amide bonds. The largest absolute Gasteiger partial charge is 0.462 e. The van der Waals surface area contributed by atoms with Crippen molar-refractivity contribution < 1.29 is 24.2 Å². The van der Waals surface area contributed by atoms with Gasteiger partial charge in [0.05, 0.1) is 6.61 Å². The fourth-order valence-corrected chi connectivity index (χ4v) is 6.02. The minimum Gasteiger partial charge on any atom is -0.462 e. The minimum absolute atomic E-state index is 0.0803. The number of unbranched alkanes of at least 4 members (excludes halogenated alkanes) is 18. The van der Waals surface area contributed by atoms with Crippen molar-refractivity contribution in [1.82, 2.24) is 0 Å². The predicted molar refractivity (Wildman–Crippen MR) is 237 cm³/mol. The Morgan fingerprint density at radius 1 is 0.436 bits per heavy atom. The summed E-state index contributed by atoms with van der Waals surface area (Å²) in [5, 5.41) is 9.59. The first kappa shape index (κ1) is 52.1. The fourth-order valence-electron chi connectivity index (χ4n) is 6.02. The Balaban J connectivity index is 3.62. The first-order chi connectivity index (χ1) is 27.1. The molecule has 0 aromatic carbocycles. The molecule has 0 heterocycles. The first-order valence-corrected chi connectivity index (χ1v) is 22.6. The van der Waals surface area contributed by atoms with E-state index < -0.39 is 6.10 Å². The van der Waals surface area contributed by atoms with E-state index in [2.05, 4.69) is 98.9 Å². The van der Waals surface area contributed by atoms with Crippen molar-refractivity contribution in [3.8, 4) is 0 Å².